The molecule has 0 aromatic heterocycles. The standard InChI is InChI=1S/C25H30F3N3O2/c1-31(2)20(14-17-8-10-19(11-9-17)23(29)33)16-30-22(32)15-21(18-6-4-3-5-7-18)24(12-13-24)25(26,27)28/h3-11,20-21H,12-16H2,1-2H3,(H2,29,33)(H,30,32)/t20-,21?/m0/s1. The highest BCUT2D eigenvalue weighted by molar-refractivity contribution is 5.92. The summed E-state index contributed by atoms with van der Waals surface area (Å²) >= 11 is 0. The summed E-state index contributed by atoms with van der Waals surface area (Å²) in [7, 11) is 3.76. The van der Waals surface area contributed by atoms with Crippen molar-refractivity contribution in [1.82, 2.24) is 10.2 Å². The van der Waals surface area contributed by atoms with Crippen LogP contribution in [0.15, 0.2) is 54.6 Å². The molecule has 1 saturated carbocycles. The molecule has 0 saturated heterocycles. The first-order valence-electron chi connectivity index (χ1n) is 11.0. The molecule has 0 aliphatic heterocycles. The van der Waals surface area contributed by atoms with E-state index in [-0.39, 0.29) is 25.3 Å². The van der Waals surface area contributed by atoms with Gasteiger partial charge in [0.15, 0.2) is 0 Å². The van der Waals surface area contributed by atoms with Crippen molar-refractivity contribution in [3.8, 4) is 0 Å². The number of hydrogen-bond acceptors (Lipinski definition) is 3. The zero-order valence-corrected chi connectivity index (χ0v) is 18.9. The fourth-order valence-corrected chi connectivity index (χ4v) is 4.29. The van der Waals surface area contributed by atoms with E-state index >= 15 is 0 Å². The van der Waals surface area contributed by atoms with Crippen molar-refractivity contribution in [2.75, 3.05) is 20.6 Å². The zero-order chi connectivity index (χ0) is 24.2. The van der Waals surface area contributed by atoms with Gasteiger partial charge in [-0.2, -0.15) is 13.2 Å². The van der Waals surface area contributed by atoms with Crippen LogP contribution in [0.5, 0.6) is 0 Å². The molecule has 2 atom stereocenters. The molecule has 8 heteroatoms. The number of nitrogens with zero attached hydrogens (tertiary/aromatic N) is 1. The summed E-state index contributed by atoms with van der Waals surface area (Å²) in [6, 6.07) is 15.4. The highest BCUT2D eigenvalue weighted by atomic mass is 19.4. The summed E-state index contributed by atoms with van der Waals surface area (Å²) in [6.07, 6.45) is -3.87. The lowest BCUT2D eigenvalue weighted by Gasteiger charge is -2.30. The van der Waals surface area contributed by atoms with Gasteiger partial charge >= 0.3 is 6.18 Å². The third-order valence-electron chi connectivity index (χ3n) is 6.59. The molecule has 1 aliphatic carbocycles. The van der Waals surface area contributed by atoms with Crippen LogP contribution in [-0.4, -0.2) is 49.6 Å². The summed E-state index contributed by atoms with van der Waals surface area (Å²) in [6.45, 7) is 0.296. The minimum Gasteiger partial charge on any atom is -0.366 e. The largest absolute Gasteiger partial charge is 0.395 e. The van der Waals surface area contributed by atoms with Crippen molar-refractivity contribution in [3.63, 3.8) is 0 Å². The molecule has 33 heavy (non-hydrogen) atoms. The number of carbonyl (C=O) groups is 2. The van der Waals surface area contributed by atoms with Crippen molar-refractivity contribution < 1.29 is 22.8 Å². The van der Waals surface area contributed by atoms with Gasteiger partial charge in [-0.3, -0.25) is 9.59 Å². The third-order valence-corrected chi connectivity index (χ3v) is 6.59. The van der Waals surface area contributed by atoms with Gasteiger partial charge in [0.25, 0.3) is 0 Å². The first-order chi connectivity index (χ1) is 15.5. The van der Waals surface area contributed by atoms with Gasteiger partial charge in [-0.15, -0.1) is 0 Å². The van der Waals surface area contributed by atoms with Crippen LogP contribution in [0.4, 0.5) is 13.2 Å². The van der Waals surface area contributed by atoms with Crippen LogP contribution in [0, 0.1) is 5.41 Å². The molecule has 1 aliphatic rings. The Morgan fingerprint density at radius 1 is 1.06 bits per heavy atom. The molecule has 0 heterocycles. The Morgan fingerprint density at radius 2 is 1.67 bits per heavy atom. The molecule has 3 N–H and O–H groups in total. The molecular formula is C25H30F3N3O2. The summed E-state index contributed by atoms with van der Waals surface area (Å²) in [5.41, 5.74) is 5.37. The second kappa shape index (κ2) is 9.95. The molecule has 1 fully saturated rings. The number of nitrogens with two attached hydrogens (primary N) is 1. The summed E-state index contributed by atoms with van der Waals surface area (Å²) < 4.78 is 41.6. The van der Waals surface area contributed by atoms with E-state index in [2.05, 4.69) is 5.32 Å². The van der Waals surface area contributed by atoms with Gasteiger partial charge in [0.2, 0.25) is 11.8 Å². The Kier molecular flexibility index (Phi) is 7.47. The average Bonchev–Trinajstić information content (AvgIpc) is 3.57. The zero-order valence-electron chi connectivity index (χ0n) is 18.9. The summed E-state index contributed by atoms with van der Waals surface area (Å²) in [4.78, 5) is 26.0. The average molecular weight is 462 g/mol. The van der Waals surface area contributed by atoms with Gasteiger partial charge in [-0.1, -0.05) is 42.5 Å². The van der Waals surface area contributed by atoms with E-state index in [1.807, 2.05) is 31.1 Å². The molecule has 0 spiro atoms. The van der Waals surface area contributed by atoms with Gasteiger partial charge in [-0.25, -0.2) is 0 Å². The summed E-state index contributed by atoms with van der Waals surface area (Å²) in [5.74, 6) is -1.80. The van der Waals surface area contributed by atoms with Gasteiger partial charge in [0.1, 0.15) is 0 Å². The van der Waals surface area contributed by atoms with Gasteiger partial charge < -0.3 is 16.0 Å². The Hall–Kier alpha value is -2.87. The Labute approximate surface area is 192 Å². The van der Waals surface area contributed by atoms with Crippen molar-refractivity contribution in [3.05, 3.63) is 71.3 Å². The van der Waals surface area contributed by atoms with E-state index < -0.39 is 29.3 Å². The normalized spacial score (nSPS) is 16.8. The van der Waals surface area contributed by atoms with E-state index in [0.717, 1.165) is 5.56 Å². The number of alkyl halides is 3. The van der Waals surface area contributed by atoms with Crippen molar-refractivity contribution in [1.29, 1.82) is 0 Å². The van der Waals surface area contributed by atoms with Gasteiger partial charge in [0.05, 0.1) is 5.41 Å². The predicted molar refractivity (Wildman–Crippen MR) is 121 cm³/mol. The minimum atomic E-state index is -4.35. The predicted octanol–water partition coefficient (Wildman–Crippen LogP) is 3.89. The van der Waals surface area contributed by atoms with Crippen molar-refractivity contribution in [2.24, 2.45) is 11.1 Å². The van der Waals surface area contributed by atoms with E-state index in [0.29, 0.717) is 24.1 Å². The lowest BCUT2D eigenvalue weighted by molar-refractivity contribution is -0.194. The molecule has 178 valence electrons. The van der Waals surface area contributed by atoms with E-state index in [4.69, 9.17) is 5.73 Å². The number of rotatable bonds is 10. The SMILES string of the molecule is CN(C)[C@H](CNC(=O)CC(c1ccccc1)C1(C(F)(F)F)CC1)Cc1ccc(C(N)=O)cc1. The van der Waals surface area contributed by atoms with E-state index in [9.17, 15) is 22.8 Å². The quantitative estimate of drug-likeness (QED) is 0.564. The Bertz CT molecular complexity index is 955. The van der Waals surface area contributed by atoms with Gasteiger partial charge in [-0.05, 0) is 56.6 Å². The van der Waals surface area contributed by atoms with Crippen molar-refractivity contribution in [2.45, 2.75) is 43.8 Å². The minimum absolute atomic E-state index is 0.0466. The van der Waals surface area contributed by atoms with Crippen LogP contribution in [0.3, 0.4) is 0 Å². The smallest absolute Gasteiger partial charge is 0.366 e. The van der Waals surface area contributed by atoms with Crippen molar-refractivity contribution >= 4 is 11.8 Å². The molecular weight excluding hydrogens is 431 g/mol. The summed E-state index contributed by atoms with van der Waals surface area (Å²) in [5, 5.41) is 2.84. The maximum Gasteiger partial charge on any atom is 0.395 e. The first-order valence-corrected chi connectivity index (χ1v) is 11.0. The maximum atomic E-state index is 13.9. The van der Waals surface area contributed by atoms with Crippen LogP contribution >= 0.6 is 0 Å². The fraction of sp³-hybridized carbons (Fsp3) is 0.440. The van der Waals surface area contributed by atoms with Crippen LogP contribution in [0.25, 0.3) is 0 Å². The fourth-order valence-electron chi connectivity index (χ4n) is 4.29. The molecule has 1 unspecified atom stereocenters. The molecule has 0 radical (unpaired) electrons. The molecule has 0 bridgehead atoms. The second-order valence-corrected chi connectivity index (χ2v) is 9.01. The molecule has 3 rings (SSSR count). The number of hydrogen-bond donors (Lipinski definition) is 2. The molecule has 2 aromatic carbocycles. The monoisotopic (exact) mass is 461 g/mol. The number of nitrogens with one attached hydrogen (secondary N) is 1. The number of halogens is 3. The lowest BCUT2D eigenvalue weighted by atomic mass is 9.80. The number of primary amides is 1. The molecule has 5 nitrogen and oxygen atoms in total. The van der Waals surface area contributed by atoms with Crippen LogP contribution in [-0.2, 0) is 11.2 Å². The number of amides is 2. The third kappa shape index (κ3) is 5.93. The Balaban J connectivity index is 1.66. The van der Waals surface area contributed by atoms with Crippen LogP contribution in [0.2, 0.25) is 0 Å². The number of likely N-dealkylation sites (N-methyl/N-ethyl adjacent to an activating group) is 1. The second-order valence-electron chi connectivity index (χ2n) is 9.01. The molecule has 2 amide bonds. The van der Waals surface area contributed by atoms with E-state index in [1.54, 1.807) is 42.5 Å². The molecule has 2 aromatic rings. The maximum absolute atomic E-state index is 13.9. The first kappa shape index (κ1) is 24.8. The Morgan fingerprint density at radius 3 is 2.15 bits per heavy atom. The van der Waals surface area contributed by atoms with Crippen LogP contribution < -0.4 is 11.1 Å². The number of carbonyl (C=O) groups excluding carboxylic acids is 2. The number of benzene rings is 2. The lowest BCUT2D eigenvalue weighted by Crippen LogP contribution is -2.42. The highest BCUT2D eigenvalue weighted by Crippen LogP contribution is 2.66. The topological polar surface area (TPSA) is 75.4 Å². The van der Waals surface area contributed by atoms with Crippen LogP contribution in [0.1, 0.15) is 46.7 Å². The highest BCUT2D eigenvalue weighted by Gasteiger charge is 2.67. The van der Waals surface area contributed by atoms with Gasteiger partial charge in [0, 0.05) is 30.5 Å². The van der Waals surface area contributed by atoms with E-state index in [1.165, 1.54) is 0 Å².